The summed E-state index contributed by atoms with van der Waals surface area (Å²) in [7, 11) is 3.48. The summed E-state index contributed by atoms with van der Waals surface area (Å²) in [5.41, 5.74) is 2.18. The maximum atomic E-state index is 12.6. The predicted octanol–water partition coefficient (Wildman–Crippen LogP) is 2.90. The zero-order chi connectivity index (χ0) is 19.2. The number of amides is 1. The van der Waals surface area contributed by atoms with E-state index in [-0.39, 0.29) is 12.7 Å². The van der Waals surface area contributed by atoms with Crippen molar-refractivity contribution in [3.63, 3.8) is 0 Å². The number of carbonyl (C=O) groups excluding carboxylic acids is 1. The number of methoxy groups -OCH3 is 1. The Kier molecular flexibility index (Phi) is 6.19. The molecule has 6 heteroatoms. The Hall–Kier alpha value is -2.73. The van der Waals surface area contributed by atoms with Crippen LogP contribution in [-0.2, 0) is 17.9 Å². The molecule has 2 aromatic carbocycles. The SMILES string of the molecule is CCN(CC(=O)N(C)Cc1ccc(OC)cc1)Cc1ccc2c(c1)OCO2. The summed E-state index contributed by atoms with van der Waals surface area (Å²) in [5.74, 6) is 2.45. The van der Waals surface area contributed by atoms with E-state index in [2.05, 4.69) is 11.8 Å². The molecule has 0 N–H and O–H groups in total. The highest BCUT2D eigenvalue weighted by Crippen LogP contribution is 2.32. The van der Waals surface area contributed by atoms with Crippen molar-refractivity contribution < 1.29 is 19.0 Å². The first-order valence-electron chi connectivity index (χ1n) is 9.06. The molecule has 1 aliphatic heterocycles. The minimum atomic E-state index is 0.0911. The molecule has 27 heavy (non-hydrogen) atoms. The molecule has 0 saturated heterocycles. The highest BCUT2D eigenvalue weighted by molar-refractivity contribution is 5.78. The maximum absolute atomic E-state index is 12.6. The summed E-state index contributed by atoms with van der Waals surface area (Å²) >= 11 is 0. The van der Waals surface area contributed by atoms with Crippen LogP contribution in [0, 0.1) is 0 Å². The van der Waals surface area contributed by atoms with Gasteiger partial charge in [0.2, 0.25) is 12.7 Å². The number of benzene rings is 2. The Morgan fingerprint density at radius 1 is 1.04 bits per heavy atom. The van der Waals surface area contributed by atoms with Crippen molar-refractivity contribution in [3.05, 3.63) is 53.6 Å². The van der Waals surface area contributed by atoms with Gasteiger partial charge in [-0.1, -0.05) is 25.1 Å². The van der Waals surface area contributed by atoms with E-state index in [4.69, 9.17) is 14.2 Å². The van der Waals surface area contributed by atoms with E-state index in [1.165, 1.54) is 0 Å². The van der Waals surface area contributed by atoms with Crippen LogP contribution in [0.3, 0.4) is 0 Å². The van der Waals surface area contributed by atoms with Gasteiger partial charge in [-0.25, -0.2) is 0 Å². The lowest BCUT2D eigenvalue weighted by Crippen LogP contribution is -2.37. The molecule has 0 radical (unpaired) electrons. The number of hydrogen-bond acceptors (Lipinski definition) is 5. The van der Waals surface area contributed by atoms with Crippen LogP contribution in [0.15, 0.2) is 42.5 Å². The molecule has 1 amide bonds. The van der Waals surface area contributed by atoms with Crippen LogP contribution in [0.2, 0.25) is 0 Å². The summed E-state index contributed by atoms with van der Waals surface area (Å²) in [6, 6.07) is 13.7. The van der Waals surface area contributed by atoms with E-state index in [1.807, 2.05) is 49.5 Å². The van der Waals surface area contributed by atoms with Gasteiger partial charge in [-0.3, -0.25) is 9.69 Å². The summed E-state index contributed by atoms with van der Waals surface area (Å²) in [4.78, 5) is 16.5. The topological polar surface area (TPSA) is 51.2 Å². The minimum absolute atomic E-state index is 0.0911. The van der Waals surface area contributed by atoms with Gasteiger partial charge in [-0.05, 0) is 41.9 Å². The zero-order valence-corrected chi connectivity index (χ0v) is 16.1. The van der Waals surface area contributed by atoms with Gasteiger partial charge in [-0.2, -0.15) is 0 Å². The molecule has 0 aromatic heterocycles. The Balaban J connectivity index is 1.55. The molecule has 3 rings (SSSR count). The third kappa shape index (κ3) is 4.92. The zero-order valence-electron chi connectivity index (χ0n) is 16.1. The lowest BCUT2D eigenvalue weighted by molar-refractivity contribution is -0.131. The molecule has 6 nitrogen and oxygen atoms in total. The van der Waals surface area contributed by atoms with Gasteiger partial charge in [-0.15, -0.1) is 0 Å². The van der Waals surface area contributed by atoms with Crippen molar-refractivity contribution >= 4 is 5.91 Å². The third-order valence-corrected chi connectivity index (χ3v) is 4.65. The lowest BCUT2D eigenvalue weighted by atomic mass is 10.2. The van der Waals surface area contributed by atoms with Crippen molar-refractivity contribution in [2.45, 2.75) is 20.0 Å². The van der Waals surface area contributed by atoms with Crippen molar-refractivity contribution in [2.75, 3.05) is 34.0 Å². The van der Waals surface area contributed by atoms with E-state index in [0.717, 1.165) is 34.9 Å². The molecule has 0 atom stereocenters. The van der Waals surface area contributed by atoms with Crippen LogP contribution in [0.4, 0.5) is 0 Å². The minimum Gasteiger partial charge on any atom is -0.497 e. The van der Waals surface area contributed by atoms with Gasteiger partial charge in [0, 0.05) is 20.1 Å². The number of rotatable bonds is 8. The standard InChI is InChI=1S/C21H26N2O4/c1-4-23(13-17-7-10-19-20(11-17)27-15-26-19)14-21(24)22(2)12-16-5-8-18(25-3)9-6-16/h5-11H,4,12-15H2,1-3H3. The molecule has 0 fully saturated rings. The van der Waals surface area contributed by atoms with Crippen molar-refractivity contribution in [1.29, 1.82) is 0 Å². The summed E-state index contributed by atoms with van der Waals surface area (Å²) in [6.07, 6.45) is 0. The first-order valence-corrected chi connectivity index (χ1v) is 9.06. The highest BCUT2D eigenvalue weighted by Gasteiger charge is 2.17. The molecule has 0 spiro atoms. The van der Waals surface area contributed by atoms with Gasteiger partial charge in [0.05, 0.1) is 13.7 Å². The van der Waals surface area contributed by atoms with Crippen molar-refractivity contribution in [1.82, 2.24) is 9.80 Å². The van der Waals surface area contributed by atoms with Crippen LogP contribution >= 0.6 is 0 Å². The fourth-order valence-electron chi connectivity index (χ4n) is 2.98. The molecule has 144 valence electrons. The van der Waals surface area contributed by atoms with Crippen molar-refractivity contribution in [2.24, 2.45) is 0 Å². The van der Waals surface area contributed by atoms with E-state index in [1.54, 1.807) is 12.0 Å². The van der Waals surface area contributed by atoms with Crippen LogP contribution < -0.4 is 14.2 Å². The largest absolute Gasteiger partial charge is 0.497 e. The second-order valence-electron chi connectivity index (χ2n) is 6.59. The lowest BCUT2D eigenvalue weighted by Gasteiger charge is -2.24. The summed E-state index contributed by atoms with van der Waals surface area (Å²) in [6.45, 7) is 4.75. The Morgan fingerprint density at radius 2 is 1.74 bits per heavy atom. The number of carbonyl (C=O) groups is 1. The molecule has 2 aromatic rings. The first kappa shape index (κ1) is 19.0. The molecule has 0 aliphatic carbocycles. The number of likely N-dealkylation sites (N-methyl/N-ethyl adjacent to an activating group) is 2. The number of hydrogen-bond donors (Lipinski definition) is 0. The summed E-state index contributed by atoms with van der Waals surface area (Å²) in [5, 5.41) is 0. The van der Waals surface area contributed by atoms with Gasteiger partial charge in [0.15, 0.2) is 11.5 Å². The van der Waals surface area contributed by atoms with Gasteiger partial charge in [0.25, 0.3) is 0 Å². The van der Waals surface area contributed by atoms with E-state index in [9.17, 15) is 4.79 Å². The second-order valence-corrected chi connectivity index (χ2v) is 6.59. The first-order chi connectivity index (χ1) is 13.1. The average Bonchev–Trinajstić information content (AvgIpc) is 3.15. The van der Waals surface area contributed by atoms with Crippen LogP contribution in [0.5, 0.6) is 17.2 Å². The quantitative estimate of drug-likeness (QED) is 0.715. The highest BCUT2D eigenvalue weighted by atomic mass is 16.7. The fraction of sp³-hybridized carbons (Fsp3) is 0.381. The number of ether oxygens (including phenoxy) is 3. The molecule has 1 aliphatic rings. The second kappa shape index (κ2) is 8.77. The monoisotopic (exact) mass is 370 g/mol. The maximum Gasteiger partial charge on any atom is 0.236 e. The molecule has 0 unspecified atom stereocenters. The molecular formula is C21H26N2O4. The van der Waals surface area contributed by atoms with E-state index < -0.39 is 0 Å². The van der Waals surface area contributed by atoms with Gasteiger partial charge < -0.3 is 19.1 Å². The predicted molar refractivity (Wildman–Crippen MR) is 103 cm³/mol. The molecule has 0 bridgehead atoms. The van der Waals surface area contributed by atoms with Crippen LogP contribution in [0.1, 0.15) is 18.1 Å². The Morgan fingerprint density at radius 3 is 2.44 bits per heavy atom. The number of nitrogens with zero attached hydrogens (tertiary/aromatic N) is 2. The normalized spacial score (nSPS) is 12.3. The van der Waals surface area contributed by atoms with Crippen LogP contribution in [-0.4, -0.2) is 49.7 Å². The van der Waals surface area contributed by atoms with Gasteiger partial charge in [0.1, 0.15) is 5.75 Å². The Labute approximate surface area is 160 Å². The van der Waals surface area contributed by atoms with E-state index >= 15 is 0 Å². The molecule has 1 heterocycles. The van der Waals surface area contributed by atoms with Crippen LogP contribution in [0.25, 0.3) is 0 Å². The average molecular weight is 370 g/mol. The van der Waals surface area contributed by atoms with Gasteiger partial charge >= 0.3 is 0 Å². The third-order valence-electron chi connectivity index (χ3n) is 4.65. The number of fused-ring (bicyclic) bond motifs is 1. The molecular weight excluding hydrogens is 344 g/mol. The van der Waals surface area contributed by atoms with E-state index in [0.29, 0.717) is 19.6 Å². The van der Waals surface area contributed by atoms with Crippen molar-refractivity contribution in [3.8, 4) is 17.2 Å². The molecule has 0 saturated carbocycles. The Bertz CT molecular complexity index is 776. The smallest absolute Gasteiger partial charge is 0.236 e. The fourth-order valence-corrected chi connectivity index (χ4v) is 2.98. The summed E-state index contributed by atoms with van der Waals surface area (Å²) < 4.78 is 15.9.